The van der Waals surface area contributed by atoms with Crippen LogP contribution in [0.25, 0.3) is 0 Å². The normalized spacial score (nSPS) is 47.7. The monoisotopic (exact) mass is 440 g/mol. The average molecular weight is 441 g/mol. The van der Waals surface area contributed by atoms with Gasteiger partial charge in [0, 0.05) is 23.7 Å². The molecule has 2 saturated heterocycles. The Morgan fingerprint density at radius 1 is 0.656 bits per heavy atom. The summed E-state index contributed by atoms with van der Waals surface area (Å²) >= 11 is 0. The van der Waals surface area contributed by atoms with Crippen LogP contribution < -0.4 is 0 Å². The predicted octanol–water partition coefficient (Wildman–Crippen LogP) is 4.88. The minimum absolute atomic E-state index is 0.197. The van der Waals surface area contributed by atoms with Crippen LogP contribution in [0.15, 0.2) is 48.6 Å². The molecular weight excluding hydrogens is 400 g/mol. The highest BCUT2D eigenvalue weighted by atomic mass is 16.5. The van der Waals surface area contributed by atoms with Crippen molar-refractivity contribution in [2.45, 2.75) is 87.6 Å². The molecule has 4 heteroatoms. The lowest BCUT2D eigenvalue weighted by Gasteiger charge is -2.49. The SMILES string of the molecule is C=C1C[C@H]1[C@@H]1OCC(=C)[C@]2(O)CCCC[C@H]12.C=C1C[C@H]1[C@@H]1OCC(=C)[C@]2(O)CCCC[C@H]12. The quantitative estimate of drug-likeness (QED) is 0.601. The third-order valence-electron chi connectivity index (χ3n) is 9.28. The van der Waals surface area contributed by atoms with Gasteiger partial charge < -0.3 is 19.7 Å². The van der Waals surface area contributed by atoms with Gasteiger partial charge in [0.15, 0.2) is 0 Å². The molecule has 0 aromatic carbocycles. The van der Waals surface area contributed by atoms with Crippen LogP contribution in [0.4, 0.5) is 0 Å². The van der Waals surface area contributed by atoms with E-state index in [2.05, 4.69) is 26.3 Å². The molecule has 4 saturated carbocycles. The average Bonchev–Trinajstić information content (AvgIpc) is 3.68. The number of fused-ring (bicyclic) bond motifs is 2. The molecule has 2 heterocycles. The summed E-state index contributed by atoms with van der Waals surface area (Å²) < 4.78 is 11.8. The van der Waals surface area contributed by atoms with E-state index in [1.54, 1.807) is 0 Å². The first kappa shape index (κ1) is 22.6. The highest BCUT2D eigenvalue weighted by molar-refractivity contribution is 5.29. The van der Waals surface area contributed by atoms with E-state index in [0.29, 0.717) is 25.0 Å². The fourth-order valence-electron chi connectivity index (χ4n) is 6.93. The summed E-state index contributed by atoms with van der Waals surface area (Å²) in [6.45, 7) is 17.1. The number of aliphatic hydroxyl groups is 2. The Labute approximate surface area is 193 Å². The van der Waals surface area contributed by atoms with E-state index in [4.69, 9.17) is 9.47 Å². The van der Waals surface area contributed by atoms with Gasteiger partial charge in [-0.05, 0) is 49.7 Å². The van der Waals surface area contributed by atoms with E-state index in [0.717, 1.165) is 62.5 Å². The van der Waals surface area contributed by atoms with Crippen LogP contribution in [0, 0.1) is 23.7 Å². The van der Waals surface area contributed by atoms with Crippen molar-refractivity contribution in [3.05, 3.63) is 48.6 Å². The second-order valence-corrected chi connectivity index (χ2v) is 11.2. The molecule has 0 radical (unpaired) electrons. The van der Waals surface area contributed by atoms with Crippen LogP contribution in [-0.4, -0.2) is 46.8 Å². The zero-order valence-corrected chi connectivity index (χ0v) is 19.5. The maximum Gasteiger partial charge on any atom is 0.0929 e. The molecule has 176 valence electrons. The van der Waals surface area contributed by atoms with Crippen molar-refractivity contribution < 1.29 is 19.7 Å². The Morgan fingerprint density at radius 3 is 1.38 bits per heavy atom. The first-order chi connectivity index (χ1) is 15.3. The number of rotatable bonds is 2. The van der Waals surface area contributed by atoms with E-state index in [9.17, 15) is 10.2 Å². The molecule has 4 nitrogen and oxygen atoms in total. The van der Waals surface area contributed by atoms with E-state index < -0.39 is 11.2 Å². The molecule has 0 unspecified atom stereocenters. The molecule has 4 aliphatic carbocycles. The molecule has 32 heavy (non-hydrogen) atoms. The largest absolute Gasteiger partial charge is 0.385 e. The summed E-state index contributed by atoms with van der Waals surface area (Å²) in [6, 6.07) is 0. The Balaban J connectivity index is 0.000000135. The molecular formula is C28H40O4. The van der Waals surface area contributed by atoms with Gasteiger partial charge in [0.25, 0.3) is 0 Å². The van der Waals surface area contributed by atoms with Gasteiger partial charge >= 0.3 is 0 Å². The second kappa shape index (κ2) is 8.23. The highest BCUT2D eigenvalue weighted by Crippen LogP contribution is 2.53. The van der Waals surface area contributed by atoms with Crippen LogP contribution in [-0.2, 0) is 9.47 Å². The Hall–Kier alpha value is -1.20. The van der Waals surface area contributed by atoms with E-state index >= 15 is 0 Å². The van der Waals surface area contributed by atoms with Gasteiger partial charge in [-0.15, -0.1) is 0 Å². The van der Waals surface area contributed by atoms with Gasteiger partial charge in [0.05, 0.1) is 36.6 Å². The maximum atomic E-state index is 10.8. The summed E-state index contributed by atoms with van der Waals surface area (Å²) in [7, 11) is 0. The summed E-state index contributed by atoms with van der Waals surface area (Å²) in [5.41, 5.74) is 3.07. The van der Waals surface area contributed by atoms with Gasteiger partial charge in [0.1, 0.15) is 0 Å². The van der Waals surface area contributed by atoms with Crippen molar-refractivity contribution in [1.29, 1.82) is 0 Å². The first-order valence-electron chi connectivity index (χ1n) is 12.7. The molecule has 2 aliphatic heterocycles. The van der Waals surface area contributed by atoms with E-state index in [1.807, 2.05) is 0 Å². The lowest BCUT2D eigenvalue weighted by atomic mass is 9.67. The fraction of sp³-hybridized carbons (Fsp3) is 0.714. The van der Waals surface area contributed by atoms with Crippen molar-refractivity contribution in [3.8, 4) is 0 Å². The smallest absolute Gasteiger partial charge is 0.0929 e. The predicted molar refractivity (Wildman–Crippen MR) is 126 cm³/mol. The van der Waals surface area contributed by atoms with Gasteiger partial charge in [-0.3, -0.25) is 0 Å². The molecule has 6 rings (SSSR count). The number of hydrogen-bond acceptors (Lipinski definition) is 4. The van der Waals surface area contributed by atoms with Crippen molar-refractivity contribution in [1.82, 2.24) is 0 Å². The van der Waals surface area contributed by atoms with Gasteiger partial charge in [-0.2, -0.15) is 0 Å². The number of hydrogen-bond donors (Lipinski definition) is 2. The third-order valence-corrected chi connectivity index (χ3v) is 9.28. The number of ether oxygens (including phenoxy) is 2. The molecule has 6 aliphatic rings. The third kappa shape index (κ3) is 3.77. The van der Waals surface area contributed by atoms with Gasteiger partial charge in [-0.1, -0.05) is 63.1 Å². The van der Waals surface area contributed by atoms with Crippen LogP contribution in [0.5, 0.6) is 0 Å². The topological polar surface area (TPSA) is 58.9 Å². The summed E-state index contributed by atoms with van der Waals surface area (Å²) in [5, 5.41) is 21.6. The highest BCUT2D eigenvalue weighted by Gasteiger charge is 2.54. The first-order valence-corrected chi connectivity index (χ1v) is 12.7. The molecule has 8 atom stereocenters. The minimum Gasteiger partial charge on any atom is -0.385 e. The lowest BCUT2D eigenvalue weighted by molar-refractivity contribution is -0.136. The maximum absolute atomic E-state index is 10.8. The molecule has 0 spiro atoms. The molecule has 2 N–H and O–H groups in total. The van der Waals surface area contributed by atoms with Crippen LogP contribution in [0.2, 0.25) is 0 Å². The van der Waals surface area contributed by atoms with Crippen molar-refractivity contribution >= 4 is 0 Å². The molecule has 0 bridgehead atoms. The lowest BCUT2D eigenvalue weighted by Crippen LogP contribution is -2.54. The van der Waals surface area contributed by atoms with Gasteiger partial charge in [-0.25, -0.2) is 0 Å². The Kier molecular flexibility index (Phi) is 5.81. The van der Waals surface area contributed by atoms with Crippen molar-refractivity contribution in [3.63, 3.8) is 0 Å². The standard InChI is InChI=1S/2C14H20O2/c2*1-9-7-11(9)13-12-5-3-4-6-14(12,15)10(2)8-16-13/h2*11-13,15H,1-8H2/t2*11-,12-,13+,14-/m11/s1. The van der Waals surface area contributed by atoms with Crippen LogP contribution in [0.1, 0.15) is 64.2 Å². The van der Waals surface area contributed by atoms with Crippen LogP contribution >= 0.6 is 0 Å². The minimum atomic E-state index is -0.649. The molecule has 0 aromatic rings. The van der Waals surface area contributed by atoms with Crippen LogP contribution in [0.3, 0.4) is 0 Å². The molecule has 0 aromatic heterocycles. The van der Waals surface area contributed by atoms with Crippen molar-refractivity contribution in [2.75, 3.05) is 13.2 Å². The Bertz CT molecular complexity index is 761. The molecule has 6 fully saturated rings. The zero-order valence-electron chi connectivity index (χ0n) is 19.5. The van der Waals surface area contributed by atoms with E-state index in [-0.39, 0.29) is 24.0 Å². The fourth-order valence-corrected chi connectivity index (χ4v) is 6.93. The second-order valence-electron chi connectivity index (χ2n) is 11.2. The summed E-state index contributed by atoms with van der Waals surface area (Å²) in [6.07, 6.45) is 11.1. The van der Waals surface area contributed by atoms with E-state index in [1.165, 1.54) is 24.0 Å². The summed E-state index contributed by atoms with van der Waals surface area (Å²) in [4.78, 5) is 0. The van der Waals surface area contributed by atoms with Crippen molar-refractivity contribution in [2.24, 2.45) is 23.7 Å². The zero-order chi connectivity index (χ0) is 22.7. The van der Waals surface area contributed by atoms with Gasteiger partial charge in [0.2, 0.25) is 0 Å². The summed E-state index contributed by atoms with van der Waals surface area (Å²) in [5.74, 6) is 1.52. The molecule has 0 amide bonds. The Morgan fingerprint density at radius 2 is 1.03 bits per heavy atom.